The van der Waals surface area contributed by atoms with E-state index in [4.69, 9.17) is 0 Å². The van der Waals surface area contributed by atoms with E-state index in [-0.39, 0.29) is 18.0 Å². The third-order valence-corrected chi connectivity index (χ3v) is 2.22. The first-order valence-electron chi connectivity index (χ1n) is 4.33. The van der Waals surface area contributed by atoms with Crippen LogP contribution in [-0.2, 0) is 11.3 Å². The minimum atomic E-state index is 0.00509. The van der Waals surface area contributed by atoms with Gasteiger partial charge in [0.1, 0.15) is 6.54 Å². The molecule has 1 aromatic rings. The van der Waals surface area contributed by atoms with E-state index in [1.165, 1.54) is 4.68 Å². The van der Waals surface area contributed by atoms with Gasteiger partial charge in [-0.2, -0.15) is 0 Å². The van der Waals surface area contributed by atoms with Gasteiger partial charge in [-0.3, -0.25) is 4.79 Å². The summed E-state index contributed by atoms with van der Waals surface area (Å²) in [5.74, 6) is 0.00509. The third kappa shape index (κ3) is 2.05. The Morgan fingerprint density at radius 2 is 2.46 bits per heavy atom. The molecule has 1 saturated carbocycles. The highest BCUT2D eigenvalue weighted by atomic mass is 16.2. The zero-order valence-electron chi connectivity index (χ0n) is 7.53. The topological polar surface area (TPSA) is 59.8 Å². The van der Waals surface area contributed by atoms with E-state index in [1.54, 1.807) is 12.4 Å². The fourth-order valence-electron chi connectivity index (χ4n) is 1.15. The summed E-state index contributed by atoms with van der Waals surface area (Å²) in [6.45, 7) is 2.31. The quantitative estimate of drug-likeness (QED) is 0.709. The second-order valence-electron chi connectivity index (χ2n) is 3.71. The van der Waals surface area contributed by atoms with Gasteiger partial charge in [-0.05, 0) is 19.8 Å². The second kappa shape index (κ2) is 2.83. The standard InChI is InChI=1S/C8H12N4O/c1-8(2-3-8)10-7(13)6-12-5-4-9-11-12/h4-5H,2-3,6H2,1H3,(H,10,13). The Labute approximate surface area is 76.1 Å². The first-order valence-corrected chi connectivity index (χ1v) is 4.33. The third-order valence-electron chi connectivity index (χ3n) is 2.22. The summed E-state index contributed by atoms with van der Waals surface area (Å²) in [4.78, 5) is 11.4. The molecule has 0 unspecified atom stereocenters. The Kier molecular flexibility index (Phi) is 1.79. The van der Waals surface area contributed by atoms with Crippen molar-refractivity contribution in [3.05, 3.63) is 12.4 Å². The van der Waals surface area contributed by atoms with E-state index >= 15 is 0 Å². The maximum atomic E-state index is 11.4. The molecule has 0 atom stereocenters. The number of carbonyl (C=O) groups is 1. The van der Waals surface area contributed by atoms with Crippen molar-refractivity contribution in [3.8, 4) is 0 Å². The molecule has 1 aliphatic rings. The van der Waals surface area contributed by atoms with Crippen LogP contribution in [-0.4, -0.2) is 26.4 Å². The van der Waals surface area contributed by atoms with Crippen LogP contribution in [0.4, 0.5) is 0 Å². The molecule has 0 radical (unpaired) electrons. The van der Waals surface area contributed by atoms with Crippen LogP contribution < -0.4 is 5.32 Å². The van der Waals surface area contributed by atoms with Crippen molar-refractivity contribution in [2.24, 2.45) is 0 Å². The number of carbonyl (C=O) groups excluding carboxylic acids is 1. The lowest BCUT2D eigenvalue weighted by Gasteiger charge is -2.10. The van der Waals surface area contributed by atoms with Gasteiger partial charge >= 0.3 is 0 Å². The normalized spacial score (nSPS) is 18.2. The molecule has 5 heteroatoms. The van der Waals surface area contributed by atoms with Crippen molar-refractivity contribution >= 4 is 5.91 Å². The number of aromatic nitrogens is 3. The van der Waals surface area contributed by atoms with Crippen LogP contribution in [0.15, 0.2) is 12.4 Å². The minimum absolute atomic E-state index is 0.00509. The maximum Gasteiger partial charge on any atom is 0.242 e. The molecular formula is C8H12N4O. The van der Waals surface area contributed by atoms with Crippen LogP contribution in [0.5, 0.6) is 0 Å². The van der Waals surface area contributed by atoms with Crippen LogP contribution in [0, 0.1) is 0 Å². The van der Waals surface area contributed by atoms with Gasteiger partial charge in [-0.15, -0.1) is 5.10 Å². The van der Waals surface area contributed by atoms with E-state index in [2.05, 4.69) is 15.6 Å². The van der Waals surface area contributed by atoms with Crippen molar-refractivity contribution < 1.29 is 4.79 Å². The fourth-order valence-corrected chi connectivity index (χ4v) is 1.15. The van der Waals surface area contributed by atoms with E-state index in [0.717, 1.165) is 12.8 Å². The number of hydrogen-bond donors (Lipinski definition) is 1. The fraction of sp³-hybridized carbons (Fsp3) is 0.625. The first-order chi connectivity index (χ1) is 6.18. The summed E-state index contributed by atoms with van der Waals surface area (Å²) >= 11 is 0. The predicted octanol–water partition coefficient (Wildman–Crippen LogP) is -0.0532. The molecule has 1 fully saturated rings. The molecule has 2 rings (SSSR count). The van der Waals surface area contributed by atoms with Crippen LogP contribution in [0.1, 0.15) is 19.8 Å². The zero-order valence-corrected chi connectivity index (χ0v) is 7.53. The molecule has 0 aliphatic heterocycles. The predicted molar refractivity (Wildman–Crippen MR) is 45.8 cm³/mol. The number of rotatable bonds is 3. The van der Waals surface area contributed by atoms with Crippen LogP contribution in [0.3, 0.4) is 0 Å². The van der Waals surface area contributed by atoms with Gasteiger partial charge in [0.05, 0.1) is 6.20 Å². The Balaban J connectivity index is 1.85. The molecule has 5 nitrogen and oxygen atoms in total. The molecule has 0 spiro atoms. The van der Waals surface area contributed by atoms with Gasteiger partial charge in [-0.1, -0.05) is 5.21 Å². The van der Waals surface area contributed by atoms with Gasteiger partial charge in [0.15, 0.2) is 0 Å². The van der Waals surface area contributed by atoms with E-state index in [0.29, 0.717) is 0 Å². The van der Waals surface area contributed by atoms with Crippen molar-refractivity contribution in [1.29, 1.82) is 0 Å². The number of nitrogens with zero attached hydrogens (tertiary/aromatic N) is 3. The lowest BCUT2D eigenvalue weighted by molar-refractivity contribution is -0.122. The van der Waals surface area contributed by atoms with Crippen molar-refractivity contribution in [1.82, 2.24) is 20.3 Å². The van der Waals surface area contributed by atoms with Crippen LogP contribution >= 0.6 is 0 Å². The summed E-state index contributed by atoms with van der Waals surface area (Å²) in [5, 5.41) is 10.3. The number of amides is 1. The Bertz CT molecular complexity index is 302. The van der Waals surface area contributed by atoms with Crippen LogP contribution in [0.2, 0.25) is 0 Å². The average Bonchev–Trinajstić information content (AvgIpc) is 2.61. The smallest absolute Gasteiger partial charge is 0.242 e. The highest BCUT2D eigenvalue weighted by molar-refractivity contribution is 5.76. The van der Waals surface area contributed by atoms with Gasteiger partial charge in [0, 0.05) is 11.7 Å². The molecule has 1 heterocycles. The summed E-state index contributed by atoms with van der Waals surface area (Å²) in [7, 11) is 0. The Hall–Kier alpha value is -1.39. The summed E-state index contributed by atoms with van der Waals surface area (Å²) < 4.78 is 1.51. The van der Waals surface area contributed by atoms with E-state index in [1.807, 2.05) is 6.92 Å². The molecule has 70 valence electrons. The SMILES string of the molecule is CC1(NC(=O)Cn2ccnn2)CC1. The summed E-state index contributed by atoms with van der Waals surface area (Å²) in [5.41, 5.74) is 0.0532. The molecule has 13 heavy (non-hydrogen) atoms. The van der Waals surface area contributed by atoms with Crippen molar-refractivity contribution in [3.63, 3.8) is 0 Å². The largest absolute Gasteiger partial charge is 0.349 e. The van der Waals surface area contributed by atoms with Gasteiger partial charge < -0.3 is 5.32 Å². The molecule has 1 aromatic heterocycles. The first kappa shape index (κ1) is 8.22. The average molecular weight is 180 g/mol. The van der Waals surface area contributed by atoms with Gasteiger partial charge in [0.2, 0.25) is 5.91 Å². The molecule has 1 amide bonds. The molecule has 0 bridgehead atoms. The zero-order chi connectivity index (χ0) is 9.31. The molecule has 0 aromatic carbocycles. The Morgan fingerprint density at radius 1 is 1.69 bits per heavy atom. The minimum Gasteiger partial charge on any atom is -0.349 e. The molecule has 0 saturated heterocycles. The number of nitrogens with one attached hydrogen (secondary N) is 1. The summed E-state index contributed by atoms with van der Waals surface area (Å²) in [6, 6.07) is 0. The lowest BCUT2D eigenvalue weighted by atomic mass is 10.3. The van der Waals surface area contributed by atoms with Gasteiger partial charge in [-0.25, -0.2) is 4.68 Å². The monoisotopic (exact) mass is 180 g/mol. The Morgan fingerprint density at radius 3 is 3.00 bits per heavy atom. The maximum absolute atomic E-state index is 11.4. The van der Waals surface area contributed by atoms with Crippen molar-refractivity contribution in [2.45, 2.75) is 31.8 Å². The highest BCUT2D eigenvalue weighted by Gasteiger charge is 2.38. The van der Waals surface area contributed by atoms with E-state index in [9.17, 15) is 4.79 Å². The lowest BCUT2D eigenvalue weighted by Crippen LogP contribution is -2.36. The molecule has 1 aliphatic carbocycles. The van der Waals surface area contributed by atoms with Crippen LogP contribution in [0.25, 0.3) is 0 Å². The number of hydrogen-bond acceptors (Lipinski definition) is 3. The molecule has 1 N–H and O–H groups in total. The van der Waals surface area contributed by atoms with E-state index < -0.39 is 0 Å². The van der Waals surface area contributed by atoms with Gasteiger partial charge in [0.25, 0.3) is 0 Å². The second-order valence-corrected chi connectivity index (χ2v) is 3.71. The summed E-state index contributed by atoms with van der Waals surface area (Å²) in [6.07, 6.45) is 5.40. The highest BCUT2D eigenvalue weighted by Crippen LogP contribution is 2.34. The molecular weight excluding hydrogens is 168 g/mol. The van der Waals surface area contributed by atoms with Crippen molar-refractivity contribution in [2.75, 3.05) is 0 Å².